The molecule has 4 N–H and O–H groups in total. The third kappa shape index (κ3) is 4.25. The van der Waals surface area contributed by atoms with Gasteiger partial charge in [0.05, 0.1) is 0 Å². The third-order valence-electron chi connectivity index (χ3n) is 2.01. The summed E-state index contributed by atoms with van der Waals surface area (Å²) in [7, 11) is 0. The van der Waals surface area contributed by atoms with Crippen LogP contribution in [0.1, 0.15) is 12.5 Å². The minimum atomic E-state index is 0.830. The summed E-state index contributed by atoms with van der Waals surface area (Å²) < 4.78 is 0. The van der Waals surface area contributed by atoms with Crippen molar-refractivity contribution in [2.75, 3.05) is 25.4 Å². The second-order valence-corrected chi connectivity index (χ2v) is 3.28. The Morgan fingerprint density at radius 3 is 2.71 bits per heavy atom. The van der Waals surface area contributed by atoms with E-state index in [1.54, 1.807) is 0 Å². The fraction of sp³-hybridized carbons (Fsp3) is 0.455. The van der Waals surface area contributed by atoms with Crippen LogP contribution in [0.3, 0.4) is 0 Å². The van der Waals surface area contributed by atoms with Gasteiger partial charge in [-0.3, -0.25) is 0 Å². The van der Waals surface area contributed by atoms with Crippen molar-refractivity contribution in [1.82, 2.24) is 10.6 Å². The molecule has 0 aliphatic rings. The molecule has 0 unspecified atom stereocenters. The van der Waals surface area contributed by atoms with Gasteiger partial charge in [0, 0.05) is 25.3 Å². The van der Waals surface area contributed by atoms with Crippen molar-refractivity contribution in [3.63, 3.8) is 0 Å². The summed E-state index contributed by atoms with van der Waals surface area (Å²) in [5.41, 5.74) is 7.74. The van der Waals surface area contributed by atoms with Gasteiger partial charge in [-0.05, 0) is 24.2 Å². The van der Waals surface area contributed by atoms with Gasteiger partial charge >= 0.3 is 0 Å². The highest BCUT2D eigenvalue weighted by Gasteiger charge is 1.92. The van der Waals surface area contributed by atoms with Gasteiger partial charge in [-0.2, -0.15) is 0 Å². The SMILES string of the molecule is CCNCCNCc1cccc(N)c1. The van der Waals surface area contributed by atoms with Gasteiger partial charge in [0.2, 0.25) is 0 Å². The van der Waals surface area contributed by atoms with E-state index in [4.69, 9.17) is 5.73 Å². The summed E-state index contributed by atoms with van der Waals surface area (Å²) in [4.78, 5) is 0. The van der Waals surface area contributed by atoms with Gasteiger partial charge in [-0.25, -0.2) is 0 Å². The van der Waals surface area contributed by atoms with Crippen LogP contribution in [0, 0.1) is 0 Å². The number of nitrogen functional groups attached to an aromatic ring is 1. The number of benzene rings is 1. The maximum atomic E-state index is 5.67. The molecule has 0 atom stereocenters. The van der Waals surface area contributed by atoms with Crippen molar-refractivity contribution in [2.24, 2.45) is 0 Å². The fourth-order valence-corrected chi connectivity index (χ4v) is 1.29. The van der Waals surface area contributed by atoms with Crippen molar-refractivity contribution in [3.8, 4) is 0 Å². The van der Waals surface area contributed by atoms with Gasteiger partial charge in [0.25, 0.3) is 0 Å². The van der Waals surface area contributed by atoms with Crippen LogP contribution in [-0.2, 0) is 6.54 Å². The number of hydrogen-bond donors (Lipinski definition) is 3. The molecule has 3 nitrogen and oxygen atoms in total. The molecule has 14 heavy (non-hydrogen) atoms. The third-order valence-corrected chi connectivity index (χ3v) is 2.01. The number of hydrogen-bond acceptors (Lipinski definition) is 3. The van der Waals surface area contributed by atoms with Crippen LogP contribution in [0.25, 0.3) is 0 Å². The van der Waals surface area contributed by atoms with Crippen LogP contribution in [0.5, 0.6) is 0 Å². The predicted octanol–water partition coefficient (Wildman–Crippen LogP) is 0.968. The summed E-state index contributed by atoms with van der Waals surface area (Å²) in [6.07, 6.45) is 0. The molecule has 1 rings (SSSR count). The second-order valence-electron chi connectivity index (χ2n) is 3.28. The first kappa shape index (κ1) is 11.0. The maximum absolute atomic E-state index is 5.67. The van der Waals surface area contributed by atoms with Crippen molar-refractivity contribution >= 4 is 5.69 Å². The van der Waals surface area contributed by atoms with Crippen LogP contribution in [-0.4, -0.2) is 19.6 Å². The Bertz CT molecular complexity index is 260. The van der Waals surface area contributed by atoms with Crippen LogP contribution in [0.15, 0.2) is 24.3 Å². The Morgan fingerprint density at radius 1 is 1.21 bits per heavy atom. The highest BCUT2D eigenvalue weighted by atomic mass is 14.9. The smallest absolute Gasteiger partial charge is 0.0317 e. The van der Waals surface area contributed by atoms with E-state index >= 15 is 0 Å². The average Bonchev–Trinajstić information content (AvgIpc) is 2.18. The molecule has 0 aliphatic heterocycles. The lowest BCUT2D eigenvalue weighted by atomic mass is 10.2. The quantitative estimate of drug-likeness (QED) is 0.466. The lowest BCUT2D eigenvalue weighted by Gasteiger charge is -2.05. The largest absolute Gasteiger partial charge is 0.399 e. The van der Waals surface area contributed by atoms with E-state index in [1.165, 1.54) is 5.56 Å². The first-order valence-corrected chi connectivity index (χ1v) is 5.08. The van der Waals surface area contributed by atoms with E-state index in [2.05, 4.69) is 23.6 Å². The van der Waals surface area contributed by atoms with Crippen LogP contribution >= 0.6 is 0 Å². The molecule has 0 saturated heterocycles. The molecule has 3 heteroatoms. The topological polar surface area (TPSA) is 50.1 Å². The Morgan fingerprint density at radius 2 is 2.00 bits per heavy atom. The molecule has 0 aliphatic carbocycles. The van der Waals surface area contributed by atoms with Gasteiger partial charge < -0.3 is 16.4 Å². The Labute approximate surface area is 85.7 Å². The number of nitrogens with two attached hydrogens (primary N) is 1. The van der Waals surface area contributed by atoms with Gasteiger partial charge in [0.15, 0.2) is 0 Å². The first-order chi connectivity index (χ1) is 6.83. The normalized spacial score (nSPS) is 10.4. The van der Waals surface area contributed by atoms with Crippen LogP contribution in [0.2, 0.25) is 0 Å². The minimum absolute atomic E-state index is 0.830. The van der Waals surface area contributed by atoms with E-state index in [1.807, 2.05) is 18.2 Å². The van der Waals surface area contributed by atoms with Gasteiger partial charge in [0.1, 0.15) is 0 Å². The molecule has 0 aromatic heterocycles. The van der Waals surface area contributed by atoms with E-state index in [-0.39, 0.29) is 0 Å². The van der Waals surface area contributed by atoms with Crippen LogP contribution in [0.4, 0.5) is 5.69 Å². The fourth-order valence-electron chi connectivity index (χ4n) is 1.29. The van der Waals surface area contributed by atoms with Crippen molar-refractivity contribution in [3.05, 3.63) is 29.8 Å². The molecule has 1 aromatic carbocycles. The molecular weight excluding hydrogens is 174 g/mol. The highest BCUT2D eigenvalue weighted by Crippen LogP contribution is 2.05. The van der Waals surface area contributed by atoms with E-state index < -0.39 is 0 Å². The van der Waals surface area contributed by atoms with Gasteiger partial charge in [-0.1, -0.05) is 19.1 Å². The molecule has 0 bridgehead atoms. The van der Waals surface area contributed by atoms with Gasteiger partial charge in [-0.15, -0.1) is 0 Å². The number of rotatable bonds is 6. The monoisotopic (exact) mass is 193 g/mol. The lowest BCUT2D eigenvalue weighted by Crippen LogP contribution is -2.26. The standard InChI is InChI=1S/C11H19N3/c1-2-13-6-7-14-9-10-4-3-5-11(12)8-10/h3-5,8,13-14H,2,6-7,9,12H2,1H3. The molecule has 0 spiro atoms. The maximum Gasteiger partial charge on any atom is 0.0317 e. The molecule has 0 radical (unpaired) electrons. The molecule has 78 valence electrons. The van der Waals surface area contributed by atoms with E-state index in [0.717, 1.165) is 31.9 Å². The zero-order valence-corrected chi connectivity index (χ0v) is 8.72. The van der Waals surface area contributed by atoms with E-state index in [0.29, 0.717) is 0 Å². The zero-order valence-electron chi connectivity index (χ0n) is 8.72. The Hall–Kier alpha value is -1.06. The summed E-state index contributed by atoms with van der Waals surface area (Å²) >= 11 is 0. The lowest BCUT2D eigenvalue weighted by molar-refractivity contribution is 0.625. The molecule has 0 saturated carbocycles. The summed E-state index contributed by atoms with van der Waals surface area (Å²) in [6, 6.07) is 7.97. The summed E-state index contributed by atoms with van der Waals surface area (Å²) in [5.74, 6) is 0. The molecule has 0 fully saturated rings. The predicted molar refractivity (Wildman–Crippen MR) is 61.1 cm³/mol. The molecule has 0 heterocycles. The van der Waals surface area contributed by atoms with E-state index in [9.17, 15) is 0 Å². The summed E-state index contributed by atoms with van der Waals surface area (Å²) in [6.45, 7) is 6.02. The minimum Gasteiger partial charge on any atom is -0.399 e. The van der Waals surface area contributed by atoms with Crippen molar-refractivity contribution in [1.29, 1.82) is 0 Å². The van der Waals surface area contributed by atoms with Crippen LogP contribution < -0.4 is 16.4 Å². The molecular formula is C11H19N3. The summed E-state index contributed by atoms with van der Waals surface area (Å²) in [5, 5.41) is 6.60. The first-order valence-electron chi connectivity index (χ1n) is 5.08. The second kappa shape index (κ2) is 6.40. The average molecular weight is 193 g/mol. The number of likely N-dealkylation sites (N-methyl/N-ethyl adjacent to an activating group) is 1. The Balaban J connectivity index is 2.18. The van der Waals surface area contributed by atoms with Crippen molar-refractivity contribution in [2.45, 2.75) is 13.5 Å². The molecule has 1 aromatic rings. The molecule has 0 amide bonds. The number of nitrogens with one attached hydrogen (secondary N) is 2. The van der Waals surface area contributed by atoms with Crippen molar-refractivity contribution < 1.29 is 0 Å². The highest BCUT2D eigenvalue weighted by molar-refractivity contribution is 5.40. The number of anilines is 1. The zero-order chi connectivity index (χ0) is 10.2. The Kier molecular flexibility index (Phi) is 5.04.